The number of carbonyl (C=O) groups is 1. The predicted octanol–water partition coefficient (Wildman–Crippen LogP) is 4.44. The van der Waals surface area contributed by atoms with E-state index in [1.165, 1.54) is 17.4 Å². The maximum atomic E-state index is 14.6. The van der Waals surface area contributed by atoms with E-state index in [0.29, 0.717) is 40.7 Å². The highest BCUT2D eigenvalue weighted by Crippen LogP contribution is 2.35. The van der Waals surface area contributed by atoms with Crippen LogP contribution in [0.25, 0.3) is 10.1 Å². The fourth-order valence-electron chi connectivity index (χ4n) is 3.66. The van der Waals surface area contributed by atoms with Gasteiger partial charge in [0, 0.05) is 34.8 Å². The lowest BCUT2D eigenvalue weighted by atomic mass is 10.0. The lowest BCUT2D eigenvalue weighted by Gasteiger charge is -2.31. The first-order chi connectivity index (χ1) is 13.7. The van der Waals surface area contributed by atoms with Crippen LogP contribution in [0, 0.1) is 5.82 Å². The van der Waals surface area contributed by atoms with Crippen molar-refractivity contribution in [3.8, 4) is 5.75 Å². The van der Waals surface area contributed by atoms with Gasteiger partial charge in [0.25, 0.3) is 5.91 Å². The van der Waals surface area contributed by atoms with E-state index >= 15 is 0 Å². The maximum Gasteiger partial charge on any atom is 0.264 e. The number of benzene rings is 2. The van der Waals surface area contributed by atoms with E-state index in [1.807, 2.05) is 48.3 Å². The molecule has 2 heterocycles. The Hall–Kier alpha value is -2.44. The molecule has 4 rings (SSSR count). The van der Waals surface area contributed by atoms with Gasteiger partial charge in [-0.2, -0.15) is 0 Å². The van der Waals surface area contributed by atoms with E-state index in [2.05, 4.69) is 5.32 Å². The monoisotopic (exact) mass is 398 g/mol. The van der Waals surface area contributed by atoms with Gasteiger partial charge in [0.15, 0.2) is 0 Å². The Morgan fingerprint density at radius 3 is 2.64 bits per heavy atom. The summed E-state index contributed by atoms with van der Waals surface area (Å²) < 4.78 is 21.3. The predicted molar refractivity (Wildman–Crippen MR) is 111 cm³/mol. The Morgan fingerprint density at radius 1 is 1.18 bits per heavy atom. The summed E-state index contributed by atoms with van der Waals surface area (Å²) in [7, 11) is 1.95. The number of hydrogen-bond acceptors (Lipinski definition) is 4. The first kappa shape index (κ1) is 18.9. The largest absolute Gasteiger partial charge is 0.489 e. The number of ether oxygens (including phenoxy) is 1. The lowest BCUT2D eigenvalue weighted by Crippen LogP contribution is -2.43. The van der Waals surface area contributed by atoms with Crippen molar-refractivity contribution in [2.45, 2.75) is 25.5 Å². The molecule has 146 valence electrons. The number of carbonyl (C=O) groups excluding carboxylic acids is 1. The Kier molecular flexibility index (Phi) is 5.59. The van der Waals surface area contributed by atoms with Crippen molar-refractivity contribution in [1.82, 2.24) is 10.2 Å². The standard InChI is InChI=1S/C22H23FN2O2S/c1-24-15-10-12-25(13-11-15)22(26)21-17(14-27-16-6-3-2-4-7-16)20-18(23)8-5-9-19(20)28-21/h2-9,15,24H,10-14H2,1H3. The van der Waals surface area contributed by atoms with Crippen molar-refractivity contribution < 1.29 is 13.9 Å². The summed E-state index contributed by atoms with van der Waals surface area (Å²) in [6.45, 7) is 1.58. The number of piperidine rings is 1. The molecule has 28 heavy (non-hydrogen) atoms. The Bertz CT molecular complexity index is 965. The smallest absolute Gasteiger partial charge is 0.264 e. The topological polar surface area (TPSA) is 41.6 Å². The SMILES string of the molecule is CNC1CCN(C(=O)c2sc3cccc(F)c3c2COc2ccccc2)CC1. The minimum atomic E-state index is -0.312. The summed E-state index contributed by atoms with van der Waals surface area (Å²) in [6, 6.07) is 14.8. The second-order valence-electron chi connectivity index (χ2n) is 6.98. The van der Waals surface area contributed by atoms with Crippen molar-refractivity contribution >= 4 is 27.3 Å². The van der Waals surface area contributed by atoms with Gasteiger partial charge in [-0.3, -0.25) is 4.79 Å². The van der Waals surface area contributed by atoms with Crippen LogP contribution >= 0.6 is 11.3 Å². The third-order valence-corrected chi connectivity index (χ3v) is 6.46. The minimum absolute atomic E-state index is 0.0261. The fraction of sp³-hybridized carbons (Fsp3) is 0.318. The van der Waals surface area contributed by atoms with Crippen LogP contribution in [0.2, 0.25) is 0 Å². The molecule has 1 aliphatic rings. The number of rotatable bonds is 5. The van der Waals surface area contributed by atoms with Gasteiger partial charge in [-0.15, -0.1) is 11.3 Å². The summed E-state index contributed by atoms with van der Waals surface area (Å²) in [4.78, 5) is 15.7. The van der Waals surface area contributed by atoms with E-state index < -0.39 is 0 Å². The highest BCUT2D eigenvalue weighted by atomic mass is 32.1. The molecule has 6 heteroatoms. The second-order valence-corrected chi connectivity index (χ2v) is 8.03. The second kappa shape index (κ2) is 8.29. The van der Waals surface area contributed by atoms with Gasteiger partial charge in [-0.1, -0.05) is 24.3 Å². The summed E-state index contributed by atoms with van der Waals surface area (Å²) >= 11 is 1.35. The number of nitrogens with one attached hydrogen (secondary N) is 1. The van der Waals surface area contributed by atoms with Gasteiger partial charge in [-0.25, -0.2) is 4.39 Å². The molecule has 1 fully saturated rings. The van der Waals surface area contributed by atoms with Crippen LogP contribution in [0.1, 0.15) is 28.1 Å². The number of likely N-dealkylation sites (tertiary alicyclic amines) is 1. The number of thiophene rings is 1. The molecule has 1 aliphatic heterocycles. The lowest BCUT2D eigenvalue weighted by molar-refractivity contribution is 0.0710. The van der Waals surface area contributed by atoms with Gasteiger partial charge in [0.1, 0.15) is 18.2 Å². The highest BCUT2D eigenvalue weighted by molar-refractivity contribution is 7.21. The molecule has 3 aromatic rings. The van der Waals surface area contributed by atoms with Crippen LogP contribution in [0.3, 0.4) is 0 Å². The minimum Gasteiger partial charge on any atom is -0.489 e. The summed E-state index contributed by atoms with van der Waals surface area (Å²) in [5.41, 5.74) is 0.641. The fourth-order valence-corrected chi connectivity index (χ4v) is 4.85. The van der Waals surface area contributed by atoms with Crippen molar-refractivity contribution in [2.24, 2.45) is 0 Å². The Labute approximate surface area is 167 Å². The van der Waals surface area contributed by atoms with Crippen molar-refractivity contribution in [3.63, 3.8) is 0 Å². The van der Waals surface area contributed by atoms with E-state index in [9.17, 15) is 9.18 Å². The molecular weight excluding hydrogens is 375 g/mol. The van der Waals surface area contributed by atoms with Crippen LogP contribution in [0.4, 0.5) is 4.39 Å². The van der Waals surface area contributed by atoms with Crippen molar-refractivity contribution in [1.29, 1.82) is 0 Å². The zero-order valence-electron chi connectivity index (χ0n) is 15.8. The molecule has 2 aromatic carbocycles. The number of halogens is 1. The molecule has 1 N–H and O–H groups in total. The Balaban J connectivity index is 1.65. The Morgan fingerprint density at radius 2 is 1.93 bits per heavy atom. The van der Waals surface area contributed by atoms with Crippen LogP contribution in [0.15, 0.2) is 48.5 Å². The van der Waals surface area contributed by atoms with E-state index in [1.54, 1.807) is 6.07 Å². The summed E-state index contributed by atoms with van der Waals surface area (Å²) in [5.74, 6) is 0.363. The molecule has 0 atom stereocenters. The van der Waals surface area contributed by atoms with Crippen molar-refractivity contribution in [2.75, 3.05) is 20.1 Å². The average Bonchev–Trinajstić information content (AvgIpc) is 3.12. The third kappa shape index (κ3) is 3.75. The van der Waals surface area contributed by atoms with Gasteiger partial charge in [0.2, 0.25) is 0 Å². The molecule has 0 radical (unpaired) electrons. The summed E-state index contributed by atoms with van der Waals surface area (Å²) in [5, 5.41) is 3.77. The first-order valence-electron chi connectivity index (χ1n) is 9.51. The third-order valence-electron chi connectivity index (χ3n) is 5.27. The molecule has 1 saturated heterocycles. The van der Waals surface area contributed by atoms with E-state index in [0.717, 1.165) is 17.5 Å². The van der Waals surface area contributed by atoms with Crippen LogP contribution < -0.4 is 10.1 Å². The first-order valence-corrected chi connectivity index (χ1v) is 10.3. The number of amides is 1. The normalized spacial score (nSPS) is 15.1. The van der Waals surface area contributed by atoms with Crippen molar-refractivity contribution in [3.05, 3.63) is 64.8 Å². The molecule has 0 spiro atoms. The molecule has 1 aromatic heterocycles. The molecule has 0 unspecified atom stereocenters. The van der Waals surface area contributed by atoms with Gasteiger partial charge >= 0.3 is 0 Å². The molecule has 0 saturated carbocycles. The molecule has 0 aliphatic carbocycles. The molecule has 0 bridgehead atoms. The van der Waals surface area contributed by atoms with Crippen LogP contribution in [-0.2, 0) is 6.61 Å². The van der Waals surface area contributed by atoms with Crippen LogP contribution in [-0.4, -0.2) is 37.0 Å². The zero-order chi connectivity index (χ0) is 19.5. The van der Waals surface area contributed by atoms with E-state index in [-0.39, 0.29) is 18.3 Å². The molecule has 1 amide bonds. The van der Waals surface area contributed by atoms with E-state index in [4.69, 9.17) is 4.74 Å². The number of fused-ring (bicyclic) bond motifs is 1. The number of nitrogens with zero attached hydrogens (tertiary/aromatic N) is 1. The number of para-hydroxylation sites is 1. The maximum absolute atomic E-state index is 14.6. The van der Waals surface area contributed by atoms with Gasteiger partial charge < -0.3 is 15.0 Å². The number of hydrogen-bond donors (Lipinski definition) is 1. The highest BCUT2D eigenvalue weighted by Gasteiger charge is 2.28. The molecule has 4 nitrogen and oxygen atoms in total. The summed E-state index contributed by atoms with van der Waals surface area (Å²) in [6.07, 6.45) is 1.86. The average molecular weight is 399 g/mol. The van der Waals surface area contributed by atoms with Crippen LogP contribution in [0.5, 0.6) is 5.75 Å². The van der Waals surface area contributed by atoms with Gasteiger partial charge in [0.05, 0.1) is 4.88 Å². The zero-order valence-corrected chi connectivity index (χ0v) is 16.6. The van der Waals surface area contributed by atoms with Gasteiger partial charge in [-0.05, 0) is 44.2 Å². The molecular formula is C22H23FN2O2S. The quantitative estimate of drug-likeness (QED) is 0.691.